The van der Waals surface area contributed by atoms with Crippen LogP contribution in [0.4, 0.5) is 0 Å². The zero-order valence-corrected chi connectivity index (χ0v) is 19.5. The fraction of sp³-hybridized carbons (Fsp3) is 0.174. The van der Waals surface area contributed by atoms with E-state index in [9.17, 15) is 18.0 Å². The van der Waals surface area contributed by atoms with Crippen LogP contribution in [0, 0.1) is 0 Å². The Morgan fingerprint density at radius 1 is 1.00 bits per heavy atom. The second kappa shape index (κ2) is 9.65. The maximum absolute atomic E-state index is 13.2. The van der Waals surface area contributed by atoms with Crippen LogP contribution in [0.15, 0.2) is 81.1 Å². The third-order valence-corrected chi connectivity index (χ3v) is 8.27. The van der Waals surface area contributed by atoms with Gasteiger partial charge in [0.2, 0.25) is 5.91 Å². The molecule has 0 atom stereocenters. The molecular formula is C23H22N4O4S2. The highest BCUT2D eigenvalue weighted by molar-refractivity contribution is 7.91. The highest BCUT2D eigenvalue weighted by Gasteiger charge is 2.26. The van der Waals surface area contributed by atoms with Crippen molar-refractivity contribution < 1.29 is 13.2 Å². The number of nitrogens with zero attached hydrogens (tertiary/aromatic N) is 3. The number of carbonyl (C=O) groups is 1. The summed E-state index contributed by atoms with van der Waals surface area (Å²) in [6.45, 7) is -0.0747. The number of aromatic nitrogens is 2. The van der Waals surface area contributed by atoms with Crippen molar-refractivity contribution in [3.8, 4) is 0 Å². The first-order valence-corrected chi connectivity index (χ1v) is 12.5. The summed E-state index contributed by atoms with van der Waals surface area (Å²) in [7, 11) is -2.40. The maximum Gasteiger partial charge on any atom is 0.258 e. The van der Waals surface area contributed by atoms with Crippen molar-refractivity contribution >= 4 is 38.2 Å². The first-order chi connectivity index (χ1) is 15.8. The Labute approximate surface area is 195 Å². The Morgan fingerprint density at radius 3 is 2.45 bits per heavy atom. The van der Waals surface area contributed by atoms with Gasteiger partial charge in [0.25, 0.3) is 15.6 Å². The van der Waals surface area contributed by atoms with Crippen LogP contribution in [-0.2, 0) is 27.9 Å². The van der Waals surface area contributed by atoms with Gasteiger partial charge in [-0.25, -0.2) is 13.4 Å². The molecule has 8 nitrogen and oxygen atoms in total. The second-order valence-corrected chi connectivity index (χ2v) is 10.7. The molecule has 1 N–H and O–H groups in total. The molecule has 1 amide bonds. The molecule has 4 rings (SSSR count). The maximum atomic E-state index is 13.2. The van der Waals surface area contributed by atoms with Crippen molar-refractivity contribution in [2.24, 2.45) is 0 Å². The molecule has 33 heavy (non-hydrogen) atoms. The van der Waals surface area contributed by atoms with Crippen LogP contribution in [0.1, 0.15) is 11.4 Å². The summed E-state index contributed by atoms with van der Waals surface area (Å²) in [4.78, 5) is 34.4. The number of sulfonamides is 1. The van der Waals surface area contributed by atoms with Gasteiger partial charge in [-0.1, -0.05) is 48.5 Å². The van der Waals surface area contributed by atoms with Gasteiger partial charge < -0.3 is 9.88 Å². The van der Waals surface area contributed by atoms with Crippen molar-refractivity contribution in [1.82, 2.24) is 19.2 Å². The average Bonchev–Trinajstić information content (AvgIpc) is 3.35. The van der Waals surface area contributed by atoms with Gasteiger partial charge in [-0.3, -0.25) is 9.59 Å². The van der Waals surface area contributed by atoms with Gasteiger partial charge in [0, 0.05) is 13.6 Å². The van der Waals surface area contributed by atoms with Crippen LogP contribution in [-0.4, -0.2) is 47.1 Å². The highest BCUT2D eigenvalue weighted by atomic mass is 32.2. The number of amides is 1. The molecule has 4 aromatic rings. The molecule has 0 saturated heterocycles. The van der Waals surface area contributed by atoms with E-state index in [2.05, 4.69) is 9.97 Å². The summed E-state index contributed by atoms with van der Waals surface area (Å²) < 4.78 is 26.7. The summed E-state index contributed by atoms with van der Waals surface area (Å²) in [5.41, 5.74) is 1.11. The quantitative estimate of drug-likeness (QED) is 0.416. The first-order valence-electron chi connectivity index (χ1n) is 10.1. The molecule has 10 heteroatoms. The lowest BCUT2D eigenvalue weighted by Gasteiger charge is -2.25. The SMILES string of the molecule is CN(CC(=O)N(Cc1ccccc1)Cc1nc2ccccc2c(=O)[nH]1)S(=O)(=O)c1cccs1. The van der Waals surface area contributed by atoms with E-state index in [1.54, 1.807) is 35.7 Å². The summed E-state index contributed by atoms with van der Waals surface area (Å²) in [6.07, 6.45) is 0. The van der Waals surface area contributed by atoms with E-state index in [4.69, 9.17) is 0 Å². The monoisotopic (exact) mass is 482 g/mol. The van der Waals surface area contributed by atoms with Gasteiger partial charge in [0.15, 0.2) is 0 Å². The largest absolute Gasteiger partial charge is 0.330 e. The molecule has 2 aromatic carbocycles. The van der Waals surface area contributed by atoms with E-state index in [-0.39, 0.29) is 29.4 Å². The molecule has 0 saturated carbocycles. The lowest BCUT2D eigenvalue weighted by atomic mass is 10.2. The third-order valence-electron chi connectivity index (χ3n) is 5.09. The lowest BCUT2D eigenvalue weighted by Crippen LogP contribution is -2.40. The Morgan fingerprint density at radius 2 is 1.73 bits per heavy atom. The van der Waals surface area contributed by atoms with Gasteiger partial charge in [0.05, 0.1) is 24.0 Å². The Kier molecular flexibility index (Phi) is 6.68. The molecule has 2 heterocycles. The summed E-state index contributed by atoms with van der Waals surface area (Å²) in [5, 5.41) is 2.13. The fourth-order valence-corrected chi connectivity index (χ4v) is 5.69. The Bertz CT molecular complexity index is 1420. The molecule has 0 spiro atoms. The number of thiophene rings is 1. The van der Waals surface area contributed by atoms with Gasteiger partial charge in [0.1, 0.15) is 10.0 Å². The number of fused-ring (bicyclic) bond motifs is 1. The first kappa shape index (κ1) is 22.8. The van der Waals surface area contributed by atoms with E-state index in [0.29, 0.717) is 16.7 Å². The Hall–Kier alpha value is -3.34. The standard InChI is InChI=1S/C23H22N4O4S2/c1-26(33(30,31)22-12-7-13-32-22)16-21(28)27(14-17-8-3-2-4-9-17)15-20-24-19-11-6-5-10-18(19)23(29)25-20/h2-13H,14-16H2,1H3,(H,24,25,29). The van der Waals surface area contributed by atoms with Crippen LogP contribution in [0.3, 0.4) is 0 Å². The van der Waals surface area contributed by atoms with Crippen LogP contribution < -0.4 is 5.56 Å². The molecule has 2 aromatic heterocycles. The minimum atomic E-state index is -3.77. The number of benzene rings is 2. The summed E-state index contributed by atoms with van der Waals surface area (Å²) in [6, 6.07) is 19.5. The summed E-state index contributed by atoms with van der Waals surface area (Å²) in [5.74, 6) is -0.0796. The predicted octanol–water partition coefficient (Wildman–Crippen LogP) is 2.83. The van der Waals surface area contributed by atoms with E-state index in [1.165, 1.54) is 18.0 Å². The van der Waals surface area contributed by atoms with Crippen molar-refractivity contribution in [1.29, 1.82) is 0 Å². The predicted molar refractivity (Wildman–Crippen MR) is 127 cm³/mol. The molecule has 0 aliphatic heterocycles. The number of nitrogens with one attached hydrogen (secondary N) is 1. The van der Waals surface area contributed by atoms with Crippen LogP contribution in [0.2, 0.25) is 0 Å². The number of para-hydroxylation sites is 1. The third kappa shape index (κ3) is 5.19. The number of rotatable bonds is 8. The van der Waals surface area contributed by atoms with Crippen molar-refractivity contribution in [3.63, 3.8) is 0 Å². The minimum Gasteiger partial charge on any atom is -0.330 e. The van der Waals surface area contributed by atoms with Gasteiger partial charge in [-0.15, -0.1) is 11.3 Å². The molecule has 0 aliphatic rings. The topological polar surface area (TPSA) is 103 Å². The molecule has 0 aliphatic carbocycles. The number of aromatic amines is 1. The number of hydrogen-bond acceptors (Lipinski definition) is 6. The fourth-order valence-electron chi connectivity index (χ4n) is 3.37. The minimum absolute atomic E-state index is 0.0285. The van der Waals surface area contributed by atoms with Crippen LogP contribution >= 0.6 is 11.3 Å². The molecular weight excluding hydrogens is 460 g/mol. The molecule has 0 bridgehead atoms. The normalized spacial score (nSPS) is 11.7. The zero-order chi connectivity index (χ0) is 23.4. The molecule has 0 unspecified atom stereocenters. The van der Waals surface area contributed by atoms with Crippen molar-refractivity contribution in [2.45, 2.75) is 17.3 Å². The van der Waals surface area contributed by atoms with E-state index in [0.717, 1.165) is 21.2 Å². The molecule has 0 fully saturated rings. The van der Waals surface area contributed by atoms with Crippen LogP contribution in [0.5, 0.6) is 0 Å². The smallest absolute Gasteiger partial charge is 0.258 e. The number of carbonyl (C=O) groups excluding carboxylic acids is 1. The van der Waals surface area contributed by atoms with E-state index >= 15 is 0 Å². The Balaban J connectivity index is 1.61. The van der Waals surface area contributed by atoms with Gasteiger partial charge >= 0.3 is 0 Å². The van der Waals surface area contributed by atoms with Crippen molar-refractivity contribution in [3.05, 3.63) is 93.9 Å². The van der Waals surface area contributed by atoms with Gasteiger partial charge in [-0.2, -0.15) is 4.31 Å². The number of hydrogen-bond donors (Lipinski definition) is 1. The second-order valence-electron chi connectivity index (χ2n) is 7.46. The highest BCUT2D eigenvalue weighted by Crippen LogP contribution is 2.20. The average molecular weight is 483 g/mol. The number of likely N-dealkylation sites (N-methyl/N-ethyl adjacent to an activating group) is 1. The van der Waals surface area contributed by atoms with Crippen molar-refractivity contribution in [2.75, 3.05) is 13.6 Å². The van der Waals surface area contributed by atoms with Gasteiger partial charge in [-0.05, 0) is 29.1 Å². The summed E-state index contributed by atoms with van der Waals surface area (Å²) >= 11 is 1.10. The zero-order valence-electron chi connectivity index (χ0n) is 17.8. The molecule has 0 radical (unpaired) electrons. The number of H-pyrrole nitrogens is 1. The van der Waals surface area contributed by atoms with Crippen LogP contribution in [0.25, 0.3) is 10.9 Å². The van der Waals surface area contributed by atoms with E-state index in [1.807, 2.05) is 30.3 Å². The lowest BCUT2D eigenvalue weighted by molar-refractivity contribution is -0.132. The molecule has 170 valence electrons. The van der Waals surface area contributed by atoms with E-state index < -0.39 is 15.9 Å².